The van der Waals surface area contributed by atoms with E-state index in [1.54, 1.807) is 25.3 Å². The van der Waals surface area contributed by atoms with Crippen molar-refractivity contribution in [1.29, 1.82) is 0 Å². The number of rotatable bonds is 6. The molecular formula is C17H27N5O8P2. The smallest absolute Gasteiger partial charge is 0.333 e. The van der Waals surface area contributed by atoms with E-state index in [1.165, 1.54) is 19.8 Å². The second kappa shape index (κ2) is 7.82. The van der Waals surface area contributed by atoms with Crippen LogP contribution in [0.3, 0.4) is 0 Å². The first kappa shape index (κ1) is 23.7. The van der Waals surface area contributed by atoms with Crippen LogP contribution in [0.4, 0.5) is 5.82 Å². The lowest BCUT2D eigenvalue weighted by Crippen LogP contribution is -2.38. The SMILES string of the molecule is CO[C@H]1[C@@H](OP(=O)(O)C(C)(C)C)[C@@H](C2CC2P(=O)(O)O)O[C@H]1n1cnc2c(N)ncnc21. The Balaban J connectivity index is 1.74. The molecule has 1 aliphatic carbocycles. The lowest BCUT2D eigenvalue weighted by molar-refractivity contribution is -0.0526. The molecule has 2 aromatic heterocycles. The molecule has 1 aliphatic heterocycles. The van der Waals surface area contributed by atoms with Gasteiger partial charge in [-0.15, -0.1) is 0 Å². The van der Waals surface area contributed by atoms with Crippen molar-refractivity contribution >= 4 is 32.2 Å². The molecule has 0 spiro atoms. The predicted octanol–water partition coefficient (Wildman–Crippen LogP) is 1.26. The molecule has 0 amide bonds. The second-order valence-electron chi connectivity index (χ2n) is 9.09. The fourth-order valence-corrected chi connectivity index (χ4v) is 6.00. The van der Waals surface area contributed by atoms with Crippen LogP contribution in [-0.2, 0) is 23.1 Å². The van der Waals surface area contributed by atoms with Gasteiger partial charge in [0.25, 0.3) is 0 Å². The third-order valence-corrected chi connectivity index (χ3v) is 9.61. The maximum Gasteiger partial charge on any atom is 0.333 e. The normalized spacial score (nSPS) is 32.8. The molecule has 1 saturated heterocycles. The molecule has 1 saturated carbocycles. The predicted molar refractivity (Wildman–Crippen MR) is 113 cm³/mol. The maximum atomic E-state index is 13.0. The van der Waals surface area contributed by atoms with Gasteiger partial charge in [0.05, 0.1) is 23.2 Å². The van der Waals surface area contributed by atoms with Gasteiger partial charge >= 0.3 is 15.2 Å². The lowest BCUT2D eigenvalue weighted by atomic mass is 10.1. The molecule has 178 valence electrons. The first-order chi connectivity index (χ1) is 14.8. The summed E-state index contributed by atoms with van der Waals surface area (Å²) in [7, 11) is -7.14. The van der Waals surface area contributed by atoms with Gasteiger partial charge in [0.15, 0.2) is 17.7 Å². The van der Waals surface area contributed by atoms with Crippen LogP contribution in [0.5, 0.6) is 0 Å². The first-order valence-electron chi connectivity index (χ1n) is 9.94. The highest BCUT2D eigenvalue weighted by atomic mass is 31.2. The quantitative estimate of drug-likeness (QED) is 0.423. The molecule has 15 heteroatoms. The van der Waals surface area contributed by atoms with Crippen LogP contribution in [0.2, 0.25) is 0 Å². The van der Waals surface area contributed by atoms with E-state index in [2.05, 4.69) is 15.0 Å². The van der Waals surface area contributed by atoms with Crippen molar-refractivity contribution in [1.82, 2.24) is 19.5 Å². The summed E-state index contributed by atoms with van der Waals surface area (Å²) in [5.74, 6) is -0.403. The van der Waals surface area contributed by atoms with Gasteiger partial charge in [-0.2, -0.15) is 0 Å². The summed E-state index contributed by atoms with van der Waals surface area (Å²) in [4.78, 5) is 42.2. The molecule has 3 heterocycles. The molecule has 13 nitrogen and oxygen atoms in total. The summed E-state index contributed by atoms with van der Waals surface area (Å²) in [6.45, 7) is 4.70. The van der Waals surface area contributed by atoms with Gasteiger partial charge in [-0.05, 0) is 27.2 Å². The van der Waals surface area contributed by atoms with E-state index >= 15 is 0 Å². The van der Waals surface area contributed by atoms with Gasteiger partial charge in [-0.3, -0.25) is 18.2 Å². The minimum absolute atomic E-state index is 0.168. The molecule has 5 N–H and O–H groups in total. The summed E-state index contributed by atoms with van der Waals surface area (Å²) >= 11 is 0. The molecule has 7 atom stereocenters. The van der Waals surface area contributed by atoms with Crippen molar-refractivity contribution in [3.63, 3.8) is 0 Å². The molecule has 2 fully saturated rings. The van der Waals surface area contributed by atoms with Gasteiger partial charge in [0.2, 0.25) is 0 Å². The van der Waals surface area contributed by atoms with Gasteiger partial charge in [0.1, 0.15) is 24.1 Å². The third kappa shape index (κ3) is 4.01. The van der Waals surface area contributed by atoms with Crippen molar-refractivity contribution in [2.24, 2.45) is 5.92 Å². The fourth-order valence-electron chi connectivity index (χ4n) is 3.92. The van der Waals surface area contributed by atoms with Crippen LogP contribution in [0.15, 0.2) is 12.7 Å². The van der Waals surface area contributed by atoms with Gasteiger partial charge < -0.3 is 29.9 Å². The van der Waals surface area contributed by atoms with Gasteiger partial charge in [0, 0.05) is 13.0 Å². The van der Waals surface area contributed by atoms with Crippen molar-refractivity contribution in [3.05, 3.63) is 12.7 Å². The van der Waals surface area contributed by atoms with E-state index < -0.39 is 56.5 Å². The summed E-state index contributed by atoms with van der Waals surface area (Å²) in [5, 5.41) is -1.09. The molecule has 3 unspecified atom stereocenters. The Morgan fingerprint density at radius 1 is 1.19 bits per heavy atom. The number of ether oxygens (including phenoxy) is 2. The number of hydrogen-bond acceptors (Lipinski definition) is 9. The van der Waals surface area contributed by atoms with E-state index in [0.29, 0.717) is 11.2 Å². The minimum atomic E-state index is -4.36. The van der Waals surface area contributed by atoms with Crippen LogP contribution < -0.4 is 5.73 Å². The van der Waals surface area contributed by atoms with Crippen molar-refractivity contribution in [2.75, 3.05) is 12.8 Å². The number of nitrogens with zero attached hydrogens (tertiary/aromatic N) is 4. The number of imidazole rings is 1. The van der Waals surface area contributed by atoms with Crippen LogP contribution in [0.25, 0.3) is 11.2 Å². The van der Waals surface area contributed by atoms with Gasteiger partial charge in [-0.25, -0.2) is 15.0 Å². The van der Waals surface area contributed by atoms with Crippen LogP contribution in [0, 0.1) is 5.92 Å². The number of nitrogens with two attached hydrogens (primary N) is 1. The highest BCUT2D eigenvalue weighted by Gasteiger charge is 2.62. The molecule has 0 aromatic carbocycles. The Morgan fingerprint density at radius 2 is 1.88 bits per heavy atom. The average Bonchev–Trinajstić information content (AvgIpc) is 3.24. The topological polar surface area (TPSA) is 192 Å². The third-order valence-electron chi connectivity index (χ3n) is 5.93. The fraction of sp³-hybridized carbons (Fsp3) is 0.706. The number of fused-ring (bicyclic) bond motifs is 1. The number of anilines is 1. The Hall–Kier alpha value is -1.43. The standard InChI is InChI=1S/C17H27N5O8P2/c1-17(2,3)32(26,27)30-12-11(8-5-9(8)31(23,24)25)29-16(13(12)28-4)22-7-21-10-14(18)19-6-20-15(10)22/h6-9,11-13,16H,5H2,1-4H3,(H,26,27)(H2,18,19,20)(H2,23,24,25)/t8?,9?,11-,12+,13+,16-/m1/s1. The first-order valence-corrected chi connectivity index (χ1v) is 13.2. The Kier molecular flexibility index (Phi) is 5.79. The average molecular weight is 491 g/mol. The summed E-state index contributed by atoms with van der Waals surface area (Å²) < 4.78 is 43.9. The number of nitrogen functional groups attached to an aromatic ring is 1. The Bertz CT molecular complexity index is 1110. The second-order valence-corrected chi connectivity index (χ2v) is 13.5. The van der Waals surface area contributed by atoms with Crippen LogP contribution >= 0.6 is 15.2 Å². The van der Waals surface area contributed by atoms with E-state index in [4.69, 9.17) is 19.7 Å². The summed E-state index contributed by atoms with van der Waals surface area (Å²) in [6, 6.07) is 0. The van der Waals surface area contributed by atoms with Crippen molar-refractivity contribution in [3.8, 4) is 0 Å². The summed E-state index contributed by atoms with van der Waals surface area (Å²) in [6.07, 6.45) is -0.864. The number of hydrogen-bond donors (Lipinski definition) is 4. The van der Waals surface area contributed by atoms with E-state index in [-0.39, 0.29) is 12.2 Å². The molecule has 2 aromatic rings. The monoisotopic (exact) mass is 491 g/mol. The maximum absolute atomic E-state index is 13.0. The molecule has 0 radical (unpaired) electrons. The number of methoxy groups -OCH3 is 1. The van der Waals surface area contributed by atoms with Crippen LogP contribution in [0.1, 0.15) is 33.4 Å². The lowest BCUT2D eigenvalue weighted by Gasteiger charge is -2.31. The van der Waals surface area contributed by atoms with E-state index in [1.807, 2.05) is 0 Å². The van der Waals surface area contributed by atoms with Crippen molar-refractivity contribution in [2.45, 2.75) is 62.5 Å². The van der Waals surface area contributed by atoms with Crippen LogP contribution in [-0.4, -0.2) is 70.4 Å². The zero-order chi connectivity index (χ0) is 23.6. The minimum Gasteiger partial charge on any atom is -0.382 e. The van der Waals surface area contributed by atoms with E-state index in [0.717, 1.165) is 0 Å². The molecular weight excluding hydrogens is 464 g/mol. The zero-order valence-corrected chi connectivity index (χ0v) is 19.8. The molecule has 32 heavy (non-hydrogen) atoms. The highest BCUT2D eigenvalue weighted by molar-refractivity contribution is 7.54. The summed E-state index contributed by atoms with van der Waals surface area (Å²) in [5.41, 5.74) is 5.65. The van der Waals surface area contributed by atoms with E-state index in [9.17, 15) is 23.8 Å². The highest BCUT2D eigenvalue weighted by Crippen LogP contribution is 2.64. The Morgan fingerprint density at radius 3 is 2.44 bits per heavy atom. The van der Waals surface area contributed by atoms with Gasteiger partial charge in [-0.1, -0.05) is 0 Å². The largest absolute Gasteiger partial charge is 0.382 e. The van der Waals surface area contributed by atoms with Crippen molar-refractivity contribution < 1.29 is 37.8 Å². The zero-order valence-electron chi connectivity index (χ0n) is 18.0. The molecule has 0 bridgehead atoms. The molecule has 4 rings (SSSR count). The molecule has 2 aliphatic rings. The Labute approximate surface area is 184 Å². The number of aromatic nitrogens is 4.